The van der Waals surface area contributed by atoms with Gasteiger partial charge in [-0.3, -0.25) is 9.79 Å². The number of carbonyl (C=O) groups excluding carboxylic acids is 1. The van der Waals surface area contributed by atoms with Gasteiger partial charge >= 0.3 is 0 Å². The molecule has 3 N–H and O–H groups in total. The molecular weight excluding hydrogens is 228 g/mol. The van der Waals surface area contributed by atoms with Crippen molar-refractivity contribution in [2.24, 2.45) is 16.6 Å². The SMILES string of the molecule is CC[C@H](C)NC(N)=NCC1CCN(C(C)=O)CC1. The fourth-order valence-corrected chi connectivity index (χ4v) is 2.06. The van der Waals surface area contributed by atoms with E-state index in [1.165, 1.54) is 0 Å². The van der Waals surface area contributed by atoms with Crippen LogP contribution in [-0.4, -0.2) is 42.4 Å². The van der Waals surface area contributed by atoms with Gasteiger partial charge in [0, 0.05) is 32.6 Å². The lowest BCUT2D eigenvalue weighted by molar-refractivity contribution is -0.130. The van der Waals surface area contributed by atoms with Gasteiger partial charge in [0.1, 0.15) is 0 Å². The Kier molecular flexibility index (Phi) is 5.95. The maximum absolute atomic E-state index is 11.2. The molecule has 0 aromatic rings. The van der Waals surface area contributed by atoms with Crippen molar-refractivity contribution in [1.29, 1.82) is 0 Å². The number of piperidine rings is 1. The molecule has 0 saturated carbocycles. The highest BCUT2D eigenvalue weighted by molar-refractivity contribution is 5.78. The van der Waals surface area contributed by atoms with Crippen molar-refractivity contribution >= 4 is 11.9 Å². The second-order valence-corrected chi connectivity index (χ2v) is 5.13. The smallest absolute Gasteiger partial charge is 0.219 e. The molecule has 1 atom stereocenters. The first kappa shape index (κ1) is 14.8. The molecule has 1 aliphatic heterocycles. The lowest BCUT2D eigenvalue weighted by Crippen LogP contribution is -2.40. The molecule has 104 valence electrons. The minimum Gasteiger partial charge on any atom is -0.370 e. The summed E-state index contributed by atoms with van der Waals surface area (Å²) in [7, 11) is 0. The third kappa shape index (κ3) is 4.94. The van der Waals surface area contributed by atoms with Crippen molar-refractivity contribution in [1.82, 2.24) is 10.2 Å². The number of nitrogens with two attached hydrogens (primary N) is 1. The average Bonchev–Trinajstić information content (AvgIpc) is 2.36. The molecule has 1 heterocycles. The van der Waals surface area contributed by atoms with Crippen molar-refractivity contribution in [3.05, 3.63) is 0 Å². The number of nitrogens with zero attached hydrogens (tertiary/aromatic N) is 2. The zero-order chi connectivity index (χ0) is 13.5. The molecule has 5 nitrogen and oxygen atoms in total. The summed E-state index contributed by atoms with van der Waals surface area (Å²) in [6.07, 6.45) is 3.09. The van der Waals surface area contributed by atoms with Crippen LogP contribution in [0.1, 0.15) is 40.0 Å². The van der Waals surface area contributed by atoms with Crippen molar-refractivity contribution < 1.29 is 4.79 Å². The fourth-order valence-electron chi connectivity index (χ4n) is 2.06. The number of carbonyl (C=O) groups is 1. The monoisotopic (exact) mass is 254 g/mol. The minimum absolute atomic E-state index is 0.176. The summed E-state index contributed by atoms with van der Waals surface area (Å²) >= 11 is 0. The van der Waals surface area contributed by atoms with Crippen molar-refractivity contribution in [3.63, 3.8) is 0 Å². The predicted molar refractivity (Wildman–Crippen MR) is 74.4 cm³/mol. The van der Waals surface area contributed by atoms with Gasteiger partial charge in [-0.25, -0.2) is 0 Å². The van der Waals surface area contributed by atoms with Crippen molar-refractivity contribution in [2.45, 2.75) is 46.1 Å². The molecule has 1 rings (SSSR count). The number of amides is 1. The van der Waals surface area contributed by atoms with Crippen LogP contribution < -0.4 is 11.1 Å². The summed E-state index contributed by atoms with van der Waals surface area (Å²) in [5.74, 6) is 1.27. The van der Waals surface area contributed by atoms with E-state index in [1.807, 2.05) is 4.90 Å². The number of hydrogen-bond donors (Lipinski definition) is 2. The first-order valence-corrected chi connectivity index (χ1v) is 6.84. The van der Waals surface area contributed by atoms with E-state index >= 15 is 0 Å². The van der Waals surface area contributed by atoms with Crippen LogP contribution in [0.2, 0.25) is 0 Å². The second kappa shape index (κ2) is 7.24. The molecule has 0 bridgehead atoms. The van der Waals surface area contributed by atoms with E-state index in [1.54, 1.807) is 6.92 Å². The van der Waals surface area contributed by atoms with Crippen LogP contribution in [-0.2, 0) is 4.79 Å². The van der Waals surface area contributed by atoms with Crippen molar-refractivity contribution in [2.75, 3.05) is 19.6 Å². The predicted octanol–water partition coefficient (Wildman–Crippen LogP) is 0.948. The highest BCUT2D eigenvalue weighted by atomic mass is 16.2. The van der Waals surface area contributed by atoms with Crippen LogP contribution >= 0.6 is 0 Å². The van der Waals surface area contributed by atoms with Crippen LogP contribution in [0.4, 0.5) is 0 Å². The second-order valence-electron chi connectivity index (χ2n) is 5.13. The van der Waals surface area contributed by atoms with Gasteiger partial charge in [-0.1, -0.05) is 6.92 Å². The average molecular weight is 254 g/mol. The van der Waals surface area contributed by atoms with E-state index in [-0.39, 0.29) is 5.91 Å². The van der Waals surface area contributed by atoms with Gasteiger partial charge in [-0.05, 0) is 32.1 Å². The van der Waals surface area contributed by atoms with Gasteiger partial charge in [0.15, 0.2) is 5.96 Å². The highest BCUT2D eigenvalue weighted by Crippen LogP contribution is 2.17. The number of guanidine groups is 1. The quantitative estimate of drug-likeness (QED) is 0.579. The van der Waals surface area contributed by atoms with Crippen LogP contribution in [0.25, 0.3) is 0 Å². The molecule has 1 saturated heterocycles. The van der Waals surface area contributed by atoms with E-state index in [9.17, 15) is 4.79 Å². The Bertz CT molecular complexity index is 295. The normalized spacial score (nSPS) is 19.7. The minimum atomic E-state index is 0.176. The molecule has 0 radical (unpaired) electrons. The van der Waals surface area contributed by atoms with Gasteiger partial charge in [-0.2, -0.15) is 0 Å². The summed E-state index contributed by atoms with van der Waals surface area (Å²) in [5.41, 5.74) is 5.82. The molecule has 0 aromatic heterocycles. The number of rotatable bonds is 4. The lowest BCUT2D eigenvalue weighted by Gasteiger charge is -2.30. The van der Waals surface area contributed by atoms with E-state index < -0.39 is 0 Å². The van der Waals surface area contributed by atoms with E-state index in [4.69, 9.17) is 5.73 Å². The van der Waals surface area contributed by atoms with Crippen LogP contribution in [0, 0.1) is 5.92 Å². The number of aliphatic imine (C=N–C) groups is 1. The Morgan fingerprint density at radius 3 is 2.61 bits per heavy atom. The Labute approximate surface area is 110 Å². The summed E-state index contributed by atoms with van der Waals surface area (Å²) in [6.45, 7) is 8.31. The van der Waals surface area contributed by atoms with Gasteiger partial charge in [-0.15, -0.1) is 0 Å². The zero-order valence-electron chi connectivity index (χ0n) is 11.8. The Balaban J connectivity index is 2.28. The topological polar surface area (TPSA) is 70.7 Å². The molecule has 0 spiro atoms. The van der Waals surface area contributed by atoms with Gasteiger partial charge in [0.05, 0.1) is 0 Å². The summed E-state index contributed by atoms with van der Waals surface area (Å²) < 4.78 is 0. The third-order valence-electron chi connectivity index (χ3n) is 3.59. The maximum Gasteiger partial charge on any atom is 0.219 e. The first-order chi connectivity index (χ1) is 8.52. The molecular formula is C13H26N4O. The molecule has 1 fully saturated rings. The molecule has 1 amide bonds. The van der Waals surface area contributed by atoms with Crippen molar-refractivity contribution in [3.8, 4) is 0 Å². The molecule has 0 aliphatic carbocycles. The maximum atomic E-state index is 11.2. The number of nitrogens with one attached hydrogen (secondary N) is 1. The van der Waals surface area contributed by atoms with Crippen LogP contribution in [0.15, 0.2) is 4.99 Å². The van der Waals surface area contributed by atoms with Crippen LogP contribution in [0.5, 0.6) is 0 Å². The van der Waals surface area contributed by atoms with Crippen LogP contribution in [0.3, 0.4) is 0 Å². The molecule has 1 aliphatic rings. The van der Waals surface area contributed by atoms with Gasteiger partial charge < -0.3 is 16.0 Å². The largest absolute Gasteiger partial charge is 0.370 e. The standard InChI is InChI=1S/C13H26N4O/c1-4-10(2)16-13(14)15-9-12-5-7-17(8-6-12)11(3)18/h10,12H,4-9H2,1-3H3,(H3,14,15,16)/t10-/m0/s1. The van der Waals surface area contributed by atoms with E-state index in [0.717, 1.165) is 38.9 Å². The number of likely N-dealkylation sites (tertiary alicyclic amines) is 1. The Morgan fingerprint density at radius 2 is 2.11 bits per heavy atom. The summed E-state index contributed by atoms with van der Waals surface area (Å²) in [5, 5.41) is 3.16. The zero-order valence-corrected chi connectivity index (χ0v) is 11.8. The third-order valence-corrected chi connectivity index (χ3v) is 3.59. The lowest BCUT2D eigenvalue weighted by atomic mass is 9.97. The van der Waals surface area contributed by atoms with Gasteiger partial charge in [0.25, 0.3) is 0 Å². The number of hydrogen-bond acceptors (Lipinski definition) is 2. The molecule has 18 heavy (non-hydrogen) atoms. The molecule has 0 aromatic carbocycles. The highest BCUT2D eigenvalue weighted by Gasteiger charge is 2.20. The summed E-state index contributed by atoms with van der Waals surface area (Å²) in [6, 6.07) is 0.369. The van der Waals surface area contributed by atoms with E-state index in [0.29, 0.717) is 17.9 Å². The molecule has 5 heteroatoms. The molecule has 0 unspecified atom stereocenters. The summed E-state index contributed by atoms with van der Waals surface area (Å²) in [4.78, 5) is 17.5. The Hall–Kier alpha value is -1.26. The van der Waals surface area contributed by atoms with E-state index in [2.05, 4.69) is 24.2 Å². The van der Waals surface area contributed by atoms with Gasteiger partial charge in [0.2, 0.25) is 5.91 Å². The Morgan fingerprint density at radius 1 is 1.50 bits per heavy atom. The fraction of sp³-hybridized carbons (Fsp3) is 0.846. The first-order valence-electron chi connectivity index (χ1n) is 6.84.